The molecule has 112 valence electrons. The van der Waals surface area contributed by atoms with Gasteiger partial charge in [-0.15, -0.1) is 11.3 Å². The lowest BCUT2D eigenvalue weighted by atomic mass is 9.92. The van der Waals surface area contributed by atoms with Gasteiger partial charge in [-0.1, -0.05) is 0 Å². The molecule has 1 aliphatic rings. The number of rotatable bonds is 5. The van der Waals surface area contributed by atoms with Crippen molar-refractivity contribution in [2.75, 3.05) is 13.1 Å². The largest absolute Gasteiger partial charge is 0.342 e. The van der Waals surface area contributed by atoms with Gasteiger partial charge in [0.15, 0.2) is 0 Å². The van der Waals surface area contributed by atoms with Crippen LogP contribution >= 0.6 is 11.3 Å². The lowest BCUT2D eigenvalue weighted by molar-refractivity contribution is -0.133. The normalized spacial score (nSPS) is 20.9. The molecule has 2 heterocycles. The summed E-state index contributed by atoms with van der Waals surface area (Å²) in [4.78, 5) is 18.7. The van der Waals surface area contributed by atoms with E-state index in [2.05, 4.69) is 10.4 Å². The van der Waals surface area contributed by atoms with E-state index < -0.39 is 0 Å². The van der Waals surface area contributed by atoms with Gasteiger partial charge in [0.2, 0.25) is 5.91 Å². The summed E-state index contributed by atoms with van der Waals surface area (Å²) in [6, 6.07) is 0.184. The van der Waals surface area contributed by atoms with E-state index >= 15 is 0 Å². The lowest BCUT2D eigenvalue weighted by Gasteiger charge is -2.34. The van der Waals surface area contributed by atoms with Gasteiger partial charge in [-0.3, -0.25) is 4.79 Å². The molecule has 0 aliphatic carbocycles. The Kier molecular flexibility index (Phi) is 5.54. The molecule has 1 aromatic heterocycles. The second-order valence-electron chi connectivity index (χ2n) is 5.81. The number of aromatic nitrogens is 1. The highest BCUT2D eigenvalue weighted by molar-refractivity contribution is 7.09. The maximum absolute atomic E-state index is 12.2. The number of carbonyl (C=O) groups excluding carboxylic acids is 1. The molecule has 0 spiro atoms. The molecule has 1 saturated heterocycles. The summed E-state index contributed by atoms with van der Waals surface area (Å²) in [6.45, 7) is 5.80. The molecule has 1 fully saturated rings. The van der Waals surface area contributed by atoms with E-state index in [9.17, 15) is 4.79 Å². The van der Waals surface area contributed by atoms with Crippen LogP contribution in [0.3, 0.4) is 0 Å². The molecule has 1 amide bonds. The van der Waals surface area contributed by atoms with Crippen LogP contribution in [0, 0.1) is 12.8 Å². The predicted molar refractivity (Wildman–Crippen MR) is 82.7 cm³/mol. The number of piperidine rings is 1. The Hall–Kier alpha value is -0.940. The number of likely N-dealkylation sites (tertiary alicyclic amines) is 1. The first-order chi connectivity index (χ1) is 9.56. The summed E-state index contributed by atoms with van der Waals surface area (Å²) in [6.07, 6.45) is 4.66. The summed E-state index contributed by atoms with van der Waals surface area (Å²) in [5.41, 5.74) is 7.08. The molecule has 4 nitrogen and oxygen atoms in total. The first-order valence-electron chi connectivity index (χ1n) is 7.50. The van der Waals surface area contributed by atoms with Crippen LogP contribution in [0.4, 0.5) is 0 Å². The van der Waals surface area contributed by atoms with Crippen molar-refractivity contribution < 1.29 is 4.79 Å². The molecular weight excluding hydrogens is 270 g/mol. The van der Waals surface area contributed by atoms with E-state index in [1.165, 1.54) is 0 Å². The van der Waals surface area contributed by atoms with E-state index in [-0.39, 0.29) is 11.9 Å². The zero-order valence-corrected chi connectivity index (χ0v) is 13.3. The molecular formula is C15H25N3OS. The van der Waals surface area contributed by atoms with Crippen LogP contribution in [0.15, 0.2) is 5.38 Å². The van der Waals surface area contributed by atoms with Crippen LogP contribution in [0.25, 0.3) is 0 Å². The molecule has 0 radical (unpaired) electrons. The van der Waals surface area contributed by atoms with Gasteiger partial charge in [-0.25, -0.2) is 4.98 Å². The fourth-order valence-corrected chi connectivity index (χ4v) is 3.41. The van der Waals surface area contributed by atoms with Crippen molar-refractivity contribution in [2.45, 2.75) is 52.0 Å². The fraction of sp³-hybridized carbons (Fsp3) is 0.733. The summed E-state index contributed by atoms with van der Waals surface area (Å²) >= 11 is 1.67. The minimum Gasteiger partial charge on any atom is -0.342 e. The molecule has 0 bridgehead atoms. The van der Waals surface area contributed by atoms with Crippen LogP contribution < -0.4 is 5.73 Å². The number of aryl methyl sites for hydroxylation is 2. The molecule has 1 aromatic rings. The number of hydrogen-bond acceptors (Lipinski definition) is 4. The van der Waals surface area contributed by atoms with Crippen molar-refractivity contribution in [1.82, 2.24) is 9.88 Å². The first kappa shape index (κ1) is 15.4. The fourth-order valence-electron chi connectivity index (χ4n) is 2.77. The molecule has 20 heavy (non-hydrogen) atoms. The number of hydrogen-bond donors (Lipinski definition) is 1. The van der Waals surface area contributed by atoms with Crippen molar-refractivity contribution in [3.63, 3.8) is 0 Å². The maximum Gasteiger partial charge on any atom is 0.222 e. The van der Waals surface area contributed by atoms with Crippen molar-refractivity contribution in [2.24, 2.45) is 11.7 Å². The van der Waals surface area contributed by atoms with Crippen LogP contribution in [-0.4, -0.2) is 34.9 Å². The van der Waals surface area contributed by atoms with Gasteiger partial charge in [-0.2, -0.15) is 0 Å². The quantitative estimate of drug-likeness (QED) is 0.907. The Morgan fingerprint density at radius 3 is 3.10 bits per heavy atom. The highest BCUT2D eigenvalue weighted by Crippen LogP contribution is 2.20. The van der Waals surface area contributed by atoms with Gasteiger partial charge >= 0.3 is 0 Å². The second kappa shape index (κ2) is 7.18. The van der Waals surface area contributed by atoms with Crippen LogP contribution in [0.5, 0.6) is 0 Å². The monoisotopic (exact) mass is 295 g/mol. The van der Waals surface area contributed by atoms with Crippen LogP contribution in [0.1, 0.15) is 43.3 Å². The Bertz CT molecular complexity index is 444. The number of carbonyl (C=O) groups is 1. The SMILES string of the molecule is Cc1nc(CCCC(=O)N2CCCC(C(C)N)C2)cs1. The van der Waals surface area contributed by atoms with Crippen molar-refractivity contribution in [3.8, 4) is 0 Å². The summed E-state index contributed by atoms with van der Waals surface area (Å²) in [7, 11) is 0. The van der Waals surface area contributed by atoms with Gasteiger partial charge in [0, 0.05) is 30.9 Å². The van der Waals surface area contributed by atoms with Crippen molar-refractivity contribution in [3.05, 3.63) is 16.1 Å². The van der Waals surface area contributed by atoms with E-state index in [1.807, 2.05) is 18.7 Å². The first-order valence-corrected chi connectivity index (χ1v) is 8.38. The Balaban J connectivity index is 1.74. The zero-order chi connectivity index (χ0) is 14.5. The highest BCUT2D eigenvalue weighted by Gasteiger charge is 2.25. The topological polar surface area (TPSA) is 59.2 Å². The van der Waals surface area contributed by atoms with Gasteiger partial charge in [0.1, 0.15) is 0 Å². The number of nitrogens with zero attached hydrogens (tertiary/aromatic N) is 2. The Morgan fingerprint density at radius 2 is 2.45 bits per heavy atom. The molecule has 2 N–H and O–H groups in total. The predicted octanol–water partition coefficient (Wildman–Crippen LogP) is 2.36. The molecule has 2 atom stereocenters. The van der Waals surface area contributed by atoms with Crippen LogP contribution in [0.2, 0.25) is 0 Å². The van der Waals surface area contributed by atoms with Crippen molar-refractivity contribution in [1.29, 1.82) is 0 Å². The highest BCUT2D eigenvalue weighted by atomic mass is 32.1. The second-order valence-corrected chi connectivity index (χ2v) is 6.87. The van der Waals surface area contributed by atoms with E-state index in [0.29, 0.717) is 12.3 Å². The minimum absolute atomic E-state index is 0.184. The summed E-state index contributed by atoms with van der Waals surface area (Å²) < 4.78 is 0. The number of nitrogens with two attached hydrogens (primary N) is 1. The number of thiazole rings is 1. The molecule has 1 aliphatic heterocycles. The number of amides is 1. The van der Waals surface area contributed by atoms with E-state index in [4.69, 9.17) is 5.73 Å². The Labute approximate surface area is 125 Å². The maximum atomic E-state index is 12.2. The lowest BCUT2D eigenvalue weighted by Crippen LogP contribution is -2.45. The van der Waals surface area contributed by atoms with Gasteiger partial charge in [0.25, 0.3) is 0 Å². The molecule has 2 rings (SSSR count). The summed E-state index contributed by atoms with van der Waals surface area (Å²) in [5, 5.41) is 3.19. The Morgan fingerprint density at radius 1 is 1.65 bits per heavy atom. The average Bonchev–Trinajstić information content (AvgIpc) is 2.84. The van der Waals surface area contributed by atoms with Gasteiger partial charge in [-0.05, 0) is 45.4 Å². The standard InChI is InChI=1S/C15H25N3OS/c1-11(16)13-5-4-8-18(9-13)15(19)7-3-6-14-10-20-12(2)17-14/h10-11,13H,3-9,16H2,1-2H3. The van der Waals surface area contributed by atoms with Crippen molar-refractivity contribution >= 4 is 17.2 Å². The minimum atomic E-state index is 0.184. The third-order valence-electron chi connectivity index (χ3n) is 4.04. The molecule has 0 aromatic carbocycles. The molecule has 2 unspecified atom stereocenters. The zero-order valence-electron chi connectivity index (χ0n) is 12.5. The van der Waals surface area contributed by atoms with E-state index in [1.54, 1.807) is 11.3 Å². The third-order valence-corrected chi connectivity index (χ3v) is 4.87. The van der Waals surface area contributed by atoms with Crippen LogP contribution in [-0.2, 0) is 11.2 Å². The average molecular weight is 295 g/mol. The van der Waals surface area contributed by atoms with Gasteiger partial charge in [0.05, 0.1) is 10.7 Å². The molecule has 0 saturated carbocycles. The molecule has 5 heteroatoms. The van der Waals surface area contributed by atoms with E-state index in [0.717, 1.165) is 49.5 Å². The third kappa shape index (κ3) is 4.28. The van der Waals surface area contributed by atoms with Gasteiger partial charge < -0.3 is 10.6 Å². The smallest absolute Gasteiger partial charge is 0.222 e. The summed E-state index contributed by atoms with van der Waals surface area (Å²) in [5.74, 6) is 0.746.